The van der Waals surface area contributed by atoms with Gasteiger partial charge in [-0.2, -0.15) is 0 Å². The Hall–Kier alpha value is -1.81. The molecule has 2 aromatic rings. The molecule has 0 aliphatic rings. The number of rotatable bonds is 5. The summed E-state index contributed by atoms with van der Waals surface area (Å²) in [4.78, 5) is 0.613. The minimum absolute atomic E-state index is 0.588. The van der Waals surface area contributed by atoms with Crippen LogP contribution in [-0.4, -0.2) is 10.8 Å². The smallest absolute Gasteiger partial charge is 0.240 e. The molecule has 1 atom stereocenters. The molecule has 18 heavy (non-hydrogen) atoms. The summed E-state index contributed by atoms with van der Waals surface area (Å²) >= 11 is -1.50. The van der Waals surface area contributed by atoms with Crippen molar-refractivity contribution in [2.75, 3.05) is 6.61 Å². The highest BCUT2D eigenvalue weighted by Crippen LogP contribution is 2.18. The van der Waals surface area contributed by atoms with Gasteiger partial charge in [-0.25, -0.2) is 4.21 Å². The van der Waals surface area contributed by atoms with Crippen molar-refractivity contribution in [3.8, 4) is 11.5 Å². The van der Waals surface area contributed by atoms with Gasteiger partial charge in [0, 0.05) is 0 Å². The predicted molar refractivity (Wildman–Crippen MR) is 71.1 cm³/mol. The molecule has 2 rings (SSSR count). The first-order valence-electron chi connectivity index (χ1n) is 5.67. The van der Waals surface area contributed by atoms with Gasteiger partial charge in [-0.1, -0.05) is 18.2 Å². The third-order valence-corrected chi connectivity index (χ3v) is 3.24. The zero-order valence-corrected chi connectivity index (χ0v) is 10.9. The summed E-state index contributed by atoms with van der Waals surface area (Å²) in [5, 5.41) is 0. The van der Waals surface area contributed by atoms with E-state index in [0.29, 0.717) is 17.3 Å². The maximum Gasteiger partial charge on any atom is 0.240 e. The van der Waals surface area contributed by atoms with Gasteiger partial charge in [-0.3, -0.25) is 0 Å². The Morgan fingerprint density at radius 1 is 0.944 bits per heavy atom. The molecule has 0 aromatic heterocycles. The van der Waals surface area contributed by atoms with Gasteiger partial charge in [0.15, 0.2) is 0 Å². The van der Waals surface area contributed by atoms with Crippen molar-refractivity contribution in [1.29, 1.82) is 0 Å². The van der Waals surface area contributed by atoms with Gasteiger partial charge < -0.3 is 8.92 Å². The van der Waals surface area contributed by atoms with Crippen molar-refractivity contribution in [2.24, 2.45) is 0 Å². The Bertz CT molecular complexity index is 508. The van der Waals surface area contributed by atoms with Crippen LogP contribution < -0.4 is 8.92 Å². The Morgan fingerprint density at radius 2 is 1.61 bits per heavy atom. The first kappa shape index (κ1) is 12.6. The molecule has 0 saturated carbocycles. The standard InChI is InChI=1S/C14H14O3S/c1-2-16-12-8-10-14(11-9-12)18(15)17-13-6-4-3-5-7-13/h3-11H,2H2,1H3. The summed E-state index contributed by atoms with van der Waals surface area (Å²) in [6.45, 7) is 2.54. The summed E-state index contributed by atoms with van der Waals surface area (Å²) in [5.41, 5.74) is 0. The fourth-order valence-corrected chi connectivity index (χ4v) is 2.17. The Morgan fingerprint density at radius 3 is 2.22 bits per heavy atom. The lowest BCUT2D eigenvalue weighted by Gasteiger charge is -2.06. The van der Waals surface area contributed by atoms with E-state index < -0.39 is 11.1 Å². The van der Waals surface area contributed by atoms with Crippen LogP contribution in [0, 0.1) is 0 Å². The summed E-state index contributed by atoms with van der Waals surface area (Å²) in [7, 11) is 0. The minimum atomic E-state index is -1.50. The predicted octanol–water partition coefficient (Wildman–Crippen LogP) is 3.19. The van der Waals surface area contributed by atoms with E-state index in [1.165, 1.54) is 0 Å². The molecule has 94 valence electrons. The molecule has 4 heteroatoms. The lowest BCUT2D eigenvalue weighted by atomic mass is 10.3. The Kier molecular flexibility index (Phi) is 4.36. The average molecular weight is 262 g/mol. The average Bonchev–Trinajstić information content (AvgIpc) is 2.41. The summed E-state index contributed by atoms with van der Waals surface area (Å²) < 4.78 is 22.6. The highest BCUT2D eigenvalue weighted by Gasteiger charge is 2.06. The zero-order valence-electron chi connectivity index (χ0n) is 10.0. The number of hydrogen-bond donors (Lipinski definition) is 0. The second-order valence-corrected chi connectivity index (χ2v) is 4.64. The van der Waals surface area contributed by atoms with Crippen molar-refractivity contribution in [3.63, 3.8) is 0 Å². The number of para-hydroxylation sites is 1. The molecule has 0 bridgehead atoms. The van der Waals surface area contributed by atoms with Crippen LogP contribution in [0.4, 0.5) is 0 Å². The van der Waals surface area contributed by atoms with Crippen LogP contribution in [0.15, 0.2) is 59.5 Å². The third-order valence-electron chi connectivity index (χ3n) is 2.24. The van der Waals surface area contributed by atoms with E-state index in [1.54, 1.807) is 36.4 Å². The van der Waals surface area contributed by atoms with E-state index in [4.69, 9.17) is 8.92 Å². The summed E-state index contributed by atoms with van der Waals surface area (Å²) in [5.74, 6) is 1.35. The van der Waals surface area contributed by atoms with Gasteiger partial charge in [0.25, 0.3) is 0 Å². The van der Waals surface area contributed by atoms with Crippen LogP contribution in [0.5, 0.6) is 11.5 Å². The minimum Gasteiger partial charge on any atom is -0.494 e. The van der Waals surface area contributed by atoms with Crippen LogP contribution in [0.1, 0.15) is 6.92 Å². The SMILES string of the molecule is CCOc1ccc(S(=O)Oc2ccccc2)cc1. The van der Waals surface area contributed by atoms with Crippen LogP contribution >= 0.6 is 0 Å². The van der Waals surface area contributed by atoms with Crippen molar-refractivity contribution < 1.29 is 13.1 Å². The molecule has 3 nitrogen and oxygen atoms in total. The second-order valence-electron chi connectivity index (χ2n) is 3.54. The molecule has 0 spiro atoms. The largest absolute Gasteiger partial charge is 0.494 e. The van der Waals surface area contributed by atoms with Gasteiger partial charge in [-0.05, 0) is 43.3 Å². The number of benzene rings is 2. The van der Waals surface area contributed by atoms with Gasteiger partial charge in [0.1, 0.15) is 11.5 Å². The van der Waals surface area contributed by atoms with E-state index in [9.17, 15) is 4.21 Å². The monoisotopic (exact) mass is 262 g/mol. The van der Waals surface area contributed by atoms with Crippen molar-refractivity contribution in [1.82, 2.24) is 0 Å². The van der Waals surface area contributed by atoms with Crippen LogP contribution in [0.25, 0.3) is 0 Å². The summed E-state index contributed by atoms with van der Waals surface area (Å²) in [6, 6.07) is 16.1. The van der Waals surface area contributed by atoms with E-state index >= 15 is 0 Å². The molecule has 0 aliphatic heterocycles. The number of hydrogen-bond acceptors (Lipinski definition) is 3. The molecule has 0 fully saturated rings. The fraction of sp³-hybridized carbons (Fsp3) is 0.143. The van der Waals surface area contributed by atoms with E-state index in [-0.39, 0.29) is 0 Å². The van der Waals surface area contributed by atoms with E-state index in [0.717, 1.165) is 5.75 Å². The lowest BCUT2D eigenvalue weighted by molar-refractivity contribution is 0.340. The van der Waals surface area contributed by atoms with E-state index in [2.05, 4.69) is 0 Å². The Labute approximate surface area is 109 Å². The first-order valence-corrected chi connectivity index (χ1v) is 6.75. The molecule has 0 radical (unpaired) electrons. The van der Waals surface area contributed by atoms with E-state index in [1.807, 2.05) is 25.1 Å². The van der Waals surface area contributed by atoms with Gasteiger partial charge in [0.2, 0.25) is 11.1 Å². The fourth-order valence-electron chi connectivity index (χ4n) is 1.43. The molecule has 0 aliphatic carbocycles. The third kappa shape index (κ3) is 3.34. The molecule has 0 saturated heterocycles. The zero-order chi connectivity index (χ0) is 12.8. The highest BCUT2D eigenvalue weighted by molar-refractivity contribution is 7.80. The summed E-state index contributed by atoms with van der Waals surface area (Å²) in [6.07, 6.45) is 0. The highest BCUT2D eigenvalue weighted by atomic mass is 32.2. The second kappa shape index (κ2) is 6.21. The normalized spacial score (nSPS) is 11.8. The quantitative estimate of drug-likeness (QED) is 0.830. The molecule has 2 aromatic carbocycles. The van der Waals surface area contributed by atoms with Gasteiger partial charge in [0.05, 0.1) is 11.5 Å². The molecule has 0 amide bonds. The van der Waals surface area contributed by atoms with Crippen molar-refractivity contribution in [2.45, 2.75) is 11.8 Å². The maximum atomic E-state index is 11.9. The van der Waals surface area contributed by atoms with Crippen LogP contribution in [0.3, 0.4) is 0 Å². The topological polar surface area (TPSA) is 35.5 Å². The Balaban J connectivity index is 2.05. The van der Waals surface area contributed by atoms with Gasteiger partial charge >= 0.3 is 0 Å². The lowest BCUT2D eigenvalue weighted by Crippen LogP contribution is -2.01. The first-order chi connectivity index (χ1) is 8.79. The van der Waals surface area contributed by atoms with Crippen LogP contribution in [0.2, 0.25) is 0 Å². The van der Waals surface area contributed by atoms with Crippen molar-refractivity contribution in [3.05, 3.63) is 54.6 Å². The molecule has 0 heterocycles. The van der Waals surface area contributed by atoms with Gasteiger partial charge in [-0.15, -0.1) is 0 Å². The number of ether oxygens (including phenoxy) is 1. The van der Waals surface area contributed by atoms with Crippen LogP contribution in [-0.2, 0) is 11.1 Å². The molecule has 0 N–H and O–H groups in total. The maximum absolute atomic E-state index is 11.9. The van der Waals surface area contributed by atoms with Crippen molar-refractivity contribution >= 4 is 11.1 Å². The molecular weight excluding hydrogens is 248 g/mol. The molecular formula is C14H14O3S. The molecule has 1 unspecified atom stereocenters.